The van der Waals surface area contributed by atoms with E-state index >= 15 is 0 Å². The van der Waals surface area contributed by atoms with Crippen LogP contribution in [0.2, 0.25) is 0 Å². The third-order valence-corrected chi connectivity index (χ3v) is 6.07. The number of hydrogen-bond donors (Lipinski definition) is 3. The number of carboxylic acids is 1. The number of benzene rings is 2. The van der Waals surface area contributed by atoms with E-state index in [4.69, 9.17) is 24.6 Å². The van der Waals surface area contributed by atoms with Crippen LogP contribution >= 0.6 is 0 Å². The van der Waals surface area contributed by atoms with E-state index in [2.05, 4.69) is 10.6 Å². The standard InChI is InChI=1S/C25H31N5O2.C2HF3O2/c1-4-32-20-15-9-17(10-16-20)24(31)26-18-11-13-19(14-12-18)27-25-28-22-8-6-5-7-21(22)23(29-25)30(2)3;3-2(4,5)1(6)7/h5-10,15-16,18-19H,4,11-14H2,1-3H3,(H,26,31)(H,27,28,29);(H,6,7). The largest absolute Gasteiger partial charge is 0.494 e. The van der Waals surface area contributed by atoms with Gasteiger partial charge < -0.3 is 25.4 Å². The van der Waals surface area contributed by atoms with Crippen molar-refractivity contribution in [2.24, 2.45) is 0 Å². The van der Waals surface area contributed by atoms with Crippen LogP contribution < -0.4 is 20.3 Å². The van der Waals surface area contributed by atoms with Gasteiger partial charge >= 0.3 is 12.1 Å². The molecule has 1 aliphatic rings. The van der Waals surface area contributed by atoms with Crippen LogP contribution in [-0.2, 0) is 4.79 Å². The Morgan fingerprint density at radius 2 is 1.59 bits per heavy atom. The monoisotopic (exact) mass is 547 g/mol. The number of rotatable bonds is 7. The zero-order valence-electron chi connectivity index (χ0n) is 22.0. The molecule has 1 amide bonds. The lowest BCUT2D eigenvalue weighted by Gasteiger charge is -2.30. The van der Waals surface area contributed by atoms with Crippen molar-refractivity contribution in [1.29, 1.82) is 0 Å². The molecule has 1 heterocycles. The summed E-state index contributed by atoms with van der Waals surface area (Å²) >= 11 is 0. The minimum atomic E-state index is -5.08. The number of para-hydroxylation sites is 1. The molecule has 3 aromatic rings. The van der Waals surface area contributed by atoms with E-state index in [1.807, 2.05) is 74.4 Å². The molecule has 0 aliphatic heterocycles. The van der Waals surface area contributed by atoms with E-state index in [1.165, 1.54) is 0 Å². The van der Waals surface area contributed by atoms with Gasteiger partial charge in [-0.05, 0) is 69.0 Å². The molecule has 0 spiro atoms. The van der Waals surface area contributed by atoms with Gasteiger partial charge in [-0.25, -0.2) is 9.78 Å². The molecule has 0 bridgehead atoms. The van der Waals surface area contributed by atoms with Gasteiger partial charge in [0.15, 0.2) is 0 Å². The molecule has 0 atom stereocenters. The number of fused-ring (bicyclic) bond motifs is 1. The Hall–Kier alpha value is -4.09. The molecular weight excluding hydrogens is 515 g/mol. The highest BCUT2D eigenvalue weighted by molar-refractivity contribution is 5.94. The number of halogens is 3. The number of aliphatic carboxylic acids is 1. The van der Waals surface area contributed by atoms with E-state index in [-0.39, 0.29) is 11.9 Å². The van der Waals surface area contributed by atoms with Gasteiger partial charge in [0.25, 0.3) is 5.91 Å². The highest BCUT2D eigenvalue weighted by Crippen LogP contribution is 2.26. The first-order valence-electron chi connectivity index (χ1n) is 12.5. The van der Waals surface area contributed by atoms with Crippen LogP contribution in [0, 0.1) is 0 Å². The Bertz CT molecular complexity index is 1260. The fourth-order valence-electron chi connectivity index (χ4n) is 4.17. The highest BCUT2D eigenvalue weighted by Gasteiger charge is 2.38. The molecule has 39 heavy (non-hydrogen) atoms. The van der Waals surface area contributed by atoms with Crippen molar-refractivity contribution in [3.63, 3.8) is 0 Å². The number of aromatic nitrogens is 2. The zero-order chi connectivity index (χ0) is 28.6. The minimum Gasteiger partial charge on any atom is -0.494 e. The van der Waals surface area contributed by atoms with Gasteiger partial charge in [-0.15, -0.1) is 0 Å². The zero-order valence-corrected chi connectivity index (χ0v) is 22.0. The van der Waals surface area contributed by atoms with Gasteiger partial charge in [0.2, 0.25) is 5.95 Å². The molecule has 1 aromatic heterocycles. The lowest BCUT2D eigenvalue weighted by Crippen LogP contribution is -2.40. The first-order valence-corrected chi connectivity index (χ1v) is 12.5. The van der Waals surface area contributed by atoms with Gasteiger partial charge in [0, 0.05) is 37.1 Å². The van der Waals surface area contributed by atoms with Gasteiger partial charge in [0.1, 0.15) is 11.6 Å². The maximum absolute atomic E-state index is 12.6. The SMILES string of the molecule is CCOc1ccc(C(=O)NC2CCC(Nc3nc(N(C)C)c4ccccc4n3)CC2)cc1.O=C(O)C(F)(F)F. The van der Waals surface area contributed by atoms with Crippen molar-refractivity contribution < 1.29 is 32.6 Å². The Morgan fingerprint density at radius 3 is 2.15 bits per heavy atom. The van der Waals surface area contributed by atoms with Crippen LogP contribution in [0.1, 0.15) is 43.0 Å². The Morgan fingerprint density at radius 1 is 1.00 bits per heavy atom. The number of carbonyl (C=O) groups excluding carboxylic acids is 1. The predicted molar refractivity (Wildman–Crippen MR) is 142 cm³/mol. The second kappa shape index (κ2) is 13.1. The molecule has 0 saturated heterocycles. The van der Waals surface area contributed by atoms with E-state index in [0.29, 0.717) is 24.2 Å². The fraction of sp³-hybridized carbons (Fsp3) is 0.407. The van der Waals surface area contributed by atoms with Gasteiger partial charge in [-0.3, -0.25) is 4.79 Å². The molecule has 2 aromatic carbocycles. The second-order valence-corrected chi connectivity index (χ2v) is 9.21. The maximum atomic E-state index is 12.6. The molecular formula is C27H32F3N5O4. The van der Waals surface area contributed by atoms with Gasteiger partial charge in [-0.1, -0.05) is 12.1 Å². The predicted octanol–water partition coefficient (Wildman–Crippen LogP) is 4.88. The van der Waals surface area contributed by atoms with Crippen LogP contribution in [0.15, 0.2) is 48.5 Å². The maximum Gasteiger partial charge on any atom is 0.490 e. The number of carbonyl (C=O) groups is 2. The van der Waals surface area contributed by atoms with Crippen LogP contribution in [0.3, 0.4) is 0 Å². The summed E-state index contributed by atoms with van der Waals surface area (Å²) in [5.74, 6) is -0.432. The molecule has 9 nitrogen and oxygen atoms in total. The van der Waals surface area contributed by atoms with E-state index in [1.54, 1.807) is 0 Å². The molecule has 12 heteroatoms. The number of nitrogens with zero attached hydrogens (tertiary/aromatic N) is 3. The topological polar surface area (TPSA) is 117 Å². The molecule has 0 unspecified atom stereocenters. The fourth-order valence-corrected chi connectivity index (χ4v) is 4.17. The molecule has 0 radical (unpaired) electrons. The molecule has 1 fully saturated rings. The summed E-state index contributed by atoms with van der Waals surface area (Å²) in [5.41, 5.74) is 1.60. The number of alkyl halides is 3. The van der Waals surface area contributed by atoms with Crippen molar-refractivity contribution in [1.82, 2.24) is 15.3 Å². The average molecular weight is 548 g/mol. The number of amides is 1. The number of anilines is 2. The minimum absolute atomic E-state index is 0.0297. The van der Waals surface area contributed by atoms with E-state index < -0.39 is 12.1 Å². The number of ether oxygens (including phenoxy) is 1. The Kier molecular flexibility index (Phi) is 9.91. The lowest BCUT2D eigenvalue weighted by molar-refractivity contribution is -0.192. The van der Waals surface area contributed by atoms with Gasteiger partial charge in [0.05, 0.1) is 12.1 Å². The van der Waals surface area contributed by atoms with Crippen molar-refractivity contribution in [3.05, 3.63) is 54.1 Å². The summed E-state index contributed by atoms with van der Waals surface area (Å²) in [6, 6.07) is 15.8. The summed E-state index contributed by atoms with van der Waals surface area (Å²) in [7, 11) is 3.99. The van der Waals surface area contributed by atoms with Crippen LogP contribution in [-0.4, -0.2) is 65.9 Å². The number of carboxylic acid groups (broad SMARTS) is 1. The quantitative estimate of drug-likeness (QED) is 0.383. The van der Waals surface area contributed by atoms with E-state index in [9.17, 15) is 18.0 Å². The number of nitrogens with one attached hydrogen (secondary N) is 2. The lowest BCUT2D eigenvalue weighted by atomic mass is 9.91. The number of hydrogen-bond acceptors (Lipinski definition) is 7. The van der Waals surface area contributed by atoms with E-state index in [0.717, 1.165) is 48.2 Å². The van der Waals surface area contributed by atoms with Crippen molar-refractivity contribution in [2.45, 2.75) is 50.9 Å². The van der Waals surface area contributed by atoms with Crippen LogP contribution in [0.25, 0.3) is 10.9 Å². The van der Waals surface area contributed by atoms with Crippen molar-refractivity contribution in [2.75, 3.05) is 30.9 Å². The molecule has 1 saturated carbocycles. The summed E-state index contributed by atoms with van der Waals surface area (Å²) in [4.78, 5) is 33.0. The van der Waals surface area contributed by atoms with Crippen molar-refractivity contribution >= 4 is 34.5 Å². The van der Waals surface area contributed by atoms with Crippen molar-refractivity contribution in [3.8, 4) is 5.75 Å². The molecule has 4 rings (SSSR count). The van der Waals surface area contributed by atoms with Gasteiger partial charge in [-0.2, -0.15) is 18.2 Å². The summed E-state index contributed by atoms with van der Waals surface area (Å²) < 4.78 is 37.2. The third kappa shape index (κ3) is 8.45. The molecule has 210 valence electrons. The summed E-state index contributed by atoms with van der Waals surface area (Å²) in [6.07, 6.45) is -1.31. The molecule has 3 N–H and O–H groups in total. The second-order valence-electron chi connectivity index (χ2n) is 9.21. The third-order valence-electron chi connectivity index (χ3n) is 6.07. The summed E-state index contributed by atoms with van der Waals surface area (Å²) in [5, 5.41) is 14.9. The normalized spacial score (nSPS) is 17.0. The average Bonchev–Trinajstić information content (AvgIpc) is 2.89. The summed E-state index contributed by atoms with van der Waals surface area (Å²) in [6.45, 7) is 2.56. The van der Waals surface area contributed by atoms with Crippen LogP contribution in [0.5, 0.6) is 5.75 Å². The first kappa shape index (κ1) is 29.5. The first-order chi connectivity index (χ1) is 18.5. The Labute approximate surface area is 224 Å². The Balaban J connectivity index is 0.000000532. The molecule has 1 aliphatic carbocycles. The van der Waals surface area contributed by atoms with Crippen LogP contribution in [0.4, 0.5) is 24.9 Å². The smallest absolute Gasteiger partial charge is 0.490 e. The highest BCUT2D eigenvalue weighted by atomic mass is 19.4.